The van der Waals surface area contributed by atoms with Crippen LogP contribution in [0.5, 0.6) is 0 Å². The van der Waals surface area contributed by atoms with E-state index in [1.807, 2.05) is 13.0 Å². The van der Waals surface area contributed by atoms with Gasteiger partial charge in [-0.3, -0.25) is 4.79 Å². The standard InChI is InChI=1S/C17H22N4O2/c1-11-8-14(20-6-5-13(10-20)9-15(22)23)19-17(16(11)18-3)21-7-4-12(21)2/h8,12-13H,4-7,9-10H2,1-2H3,(H,22,23)/t12-,13+/m0/s1. The number of carboxylic acid groups (broad SMARTS) is 1. The summed E-state index contributed by atoms with van der Waals surface area (Å²) in [4.78, 5) is 23.7. The van der Waals surface area contributed by atoms with E-state index in [4.69, 9.17) is 16.7 Å². The van der Waals surface area contributed by atoms with Crippen LogP contribution in [0.2, 0.25) is 0 Å². The van der Waals surface area contributed by atoms with E-state index in [1.165, 1.54) is 0 Å². The first-order valence-electron chi connectivity index (χ1n) is 8.12. The lowest BCUT2D eigenvalue weighted by molar-refractivity contribution is -0.137. The molecule has 0 unspecified atom stereocenters. The number of anilines is 2. The van der Waals surface area contributed by atoms with Gasteiger partial charge in [-0.1, -0.05) is 0 Å². The van der Waals surface area contributed by atoms with E-state index < -0.39 is 5.97 Å². The number of aliphatic carboxylic acids is 1. The summed E-state index contributed by atoms with van der Waals surface area (Å²) in [6, 6.07) is 2.39. The highest BCUT2D eigenvalue weighted by Crippen LogP contribution is 2.38. The first kappa shape index (κ1) is 15.6. The molecule has 1 N–H and O–H groups in total. The molecule has 2 fully saturated rings. The van der Waals surface area contributed by atoms with Crippen molar-refractivity contribution in [1.29, 1.82) is 0 Å². The Kier molecular flexibility index (Phi) is 4.12. The fraction of sp³-hybridized carbons (Fsp3) is 0.588. The molecule has 0 saturated carbocycles. The predicted octanol–water partition coefficient (Wildman–Crippen LogP) is 2.84. The van der Waals surface area contributed by atoms with Crippen LogP contribution in [0.15, 0.2) is 6.07 Å². The van der Waals surface area contributed by atoms with Gasteiger partial charge in [-0.2, -0.15) is 0 Å². The topological polar surface area (TPSA) is 61.0 Å². The first-order valence-corrected chi connectivity index (χ1v) is 8.12. The third-order valence-corrected chi connectivity index (χ3v) is 4.93. The quantitative estimate of drug-likeness (QED) is 0.866. The van der Waals surface area contributed by atoms with Crippen LogP contribution in [0.4, 0.5) is 17.3 Å². The molecule has 23 heavy (non-hydrogen) atoms. The zero-order valence-electron chi connectivity index (χ0n) is 13.6. The molecule has 3 rings (SSSR count). The van der Waals surface area contributed by atoms with Crippen LogP contribution in [0.3, 0.4) is 0 Å². The summed E-state index contributed by atoms with van der Waals surface area (Å²) in [7, 11) is 0. The Morgan fingerprint density at radius 1 is 1.48 bits per heavy atom. The Balaban J connectivity index is 1.86. The van der Waals surface area contributed by atoms with Crippen molar-refractivity contribution in [3.8, 4) is 0 Å². The van der Waals surface area contributed by atoms with Gasteiger partial charge in [-0.05, 0) is 44.2 Å². The molecule has 2 atom stereocenters. The second-order valence-electron chi connectivity index (χ2n) is 6.61. The van der Waals surface area contributed by atoms with Crippen LogP contribution in [0.25, 0.3) is 4.85 Å². The van der Waals surface area contributed by atoms with E-state index in [9.17, 15) is 4.79 Å². The minimum absolute atomic E-state index is 0.182. The molecule has 3 heterocycles. The van der Waals surface area contributed by atoms with Gasteiger partial charge in [0.05, 0.1) is 6.57 Å². The van der Waals surface area contributed by atoms with Crippen molar-refractivity contribution in [2.75, 3.05) is 29.4 Å². The molecular weight excluding hydrogens is 292 g/mol. The van der Waals surface area contributed by atoms with Gasteiger partial charge in [-0.15, -0.1) is 0 Å². The number of aryl methyl sites for hydroxylation is 1. The van der Waals surface area contributed by atoms with Crippen LogP contribution in [-0.2, 0) is 4.79 Å². The molecule has 0 amide bonds. The molecule has 2 aliphatic heterocycles. The SMILES string of the molecule is [C-]#[N+]c1c(C)cc(N2CC[C@H](CC(=O)O)C2)nc1N1CC[C@@H]1C. The number of rotatable bonds is 4. The Morgan fingerprint density at radius 2 is 2.26 bits per heavy atom. The lowest BCUT2D eigenvalue weighted by Crippen LogP contribution is -2.46. The van der Waals surface area contributed by atoms with Crippen LogP contribution >= 0.6 is 0 Å². The average molecular weight is 314 g/mol. The van der Waals surface area contributed by atoms with E-state index in [0.29, 0.717) is 11.7 Å². The highest BCUT2D eigenvalue weighted by Gasteiger charge is 2.30. The zero-order chi connectivity index (χ0) is 16.6. The molecule has 0 aromatic carbocycles. The maximum Gasteiger partial charge on any atom is 0.303 e. The number of hydrogen-bond donors (Lipinski definition) is 1. The second kappa shape index (κ2) is 6.07. The van der Waals surface area contributed by atoms with Gasteiger partial charge < -0.3 is 14.9 Å². The molecule has 6 nitrogen and oxygen atoms in total. The number of carboxylic acids is 1. The van der Waals surface area contributed by atoms with Crippen LogP contribution in [0.1, 0.15) is 31.7 Å². The Bertz CT molecular complexity index is 667. The van der Waals surface area contributed by atoms with Crippen LogP contribution in [-0.4, -0.2) is 41.7 Å². The van der Waals surface area contributed by atoms with Crippen molar-refractivity contribution in [2.24, 2.45) is 5.92 Å². The zero-order valence-corrected chi connectivity index (χ0v) is 13.6. The molecular formula is C17H22N4O2. The van der Waals surface area contributed by atoms with Crippen LogP contribution < -0.4 is 9.80 Å². The third kappa shape index (κ3) is 2.96. The molecule has 0 bridgehead atoms. The number of nitrogens with zero attached hydrogens (tertiary/aromatic N) is 4. The minimum atomic E-state index is -0.737. The monoisotopic (exact) mass is 314 g/mol. The van der Waals surface area contributed by atoms with Gasteiger partial charge in [0.2, 0.25) is 5.69 Å². The Hall–Kier alpha value is -2.29. The number of carbonyl (C=O) groups is 1. The minimum Gasteiger partial charge on any atom is -0.481 e. The summed E-state index contributed by atoms with van der Waals surface area (Å²) in [6.07, 6.45) is 2.23. The summed E-state index contributed by atoms with van der Waals surface area (Å²) >= 11 is 0. The fourth-order valence-electron chi connectivity index (χ4n) is 3.42. The molecule has 6 heteroatoms. The van der Waals surface area contributed by atoms with Gasteiger partial charge in [0, 0.05) is 32.1 Å². The average Bonchev–Trinajstić information content (AvgIpc) is 2.93. The van der Waals surface area contributed by atoms with Gasteiger partial charge >= 0.3 is 5.97 Å². The molecule has 122 valence electrons. The Morgan fingerprint density at radius 3 is 2.83 bits per heavy atom. The molecule has 0 spiro atoms. The fourth-order valence-corrected chi connectivity index (χ4v) is 3.42. The van der Waals surface area contributed by atoms with Crippen molar-refractivity contribution in [1.82, 2.24) is 4.98 Å². The molecule has 2 aliphatic rings. The first-order chi connectivity index (χ1) is 11.0. The van der Waals surface area contributed by atoms with Gasteiger partial charge in [-0.25, -0.2) is 9.83 Å². The highest BCUT2D eigenvalue weighted by atomic mass is 16.4. The number of aromatic nitrogens is 1. The van der Waals surface area contributed by atoms with E-state index in [0.717, 1.165) is 49.7 Å². The number of pyridine rings is 1. The summed E-state index contributed by atoms with van der Waals surface area (Å²) in [6.45, 7) is 14.1. The number of hydrogen-bond acceptors (Lipinski definition) is 4. The van der Waals surface area contributed by atoms with E-state index in [2.05, 4.69) is 21.6 Å². The third-order valence-electron chi connectivity index (χ3n) is 4.93. The van der Waals surface area contributed by atoms with Crippen LogP contribution in [0, 0.1) is 19.4 Å². The molecule has 0 radical (unpaired) electrons. The summed E-state index contributed by atoms with van der Waals surface area (Å²) in [5, 5.41) is 8.95. The van der Waals surface area contributed by atoms with Crippen molar-refractivity contribution in [3.05, 3.63) is 23.0 Å². The lowest BCUT2D eigenvalue weighted by atomic mass is 10.0. The van der Waals surface area contributed by atoms with Gasteiger partial charge in [0.1, 0.15) is 11.6 Å². The largest absolute Gasteiger partial charge is 0.481 e. The summed E-state index contributed by atoms with van der Waals surface area (Å²) in [5.74, 6) is 1.10. The molecule has 0 aliphatic carbocycles. The van der Waals surface area contributed by atoms with Crippen molar-refractivity contribution >= 4 is 23.3 Å². The van der Waals surface area contributed by atoms with E-state index >= 15 is 0 Å². The molecule has 2 saturated heterocycles. The van der Waals surface area contributed by atoms with E-state index in [1.54, 1.807) is 0 Å². The van der Waals surface area contributed by atoms with Crippen molar-refractivity contribution in [3.63, 3.8) is 0 Å². The van der Waals surface area contributed by atoms with Crippen molar-refractivity contribution < 1.29 is 9.90 Å². The lowest BCUT2D eigenvalue weighted by Gasteiger charge is -2.41. The predicted molar refractivity (Wildman–Crippen MR) is 89.2 cm³/mol. The van der Waals surface area contributed by atoms with E-state index in [-0.39, 0.29) is 12.3 Å². The second-order valence-corrected chi connectivity index (χ2v) is 6.61. The van der Waals surface area contributed by atoms with Gasteiger partial charge in [0.25, 0.3) is 0 Å². The maximum absolute atomic E-state index is 10.9. The maximum atomic E-state index is 10.9. The summed E-state index contributed by atoms with van der Waals surface area (Å²) < 4.78 is 0. The Labute approximate surface area is 136 Å². The smallest absolute Gasteiger partial charge is 0.303 e. The van der Waals surface area contributed by atoms with Crippen molar-refractivity contribution in [2.45, 2.75) is 39.2 Å². The molecule has 1 aromatic heterocycles. The molecule has 1 aromatic rings. The normalized spacial score (nSPS) is 23.5. The highest BCUT2D eigenvalue weighted by molar-refractivity contribution is 5.74. The van der Waals surface area contributed by atoms with Gasteiger partial charge in [0.15, 0.2) is 0 Å². The summed E-state index contributed by atoms with van der Waals surface area (Å²) in [5.41, 5.74) is 1.59.